The van der Waals surface area contributed by atoms with Gasteiger partial charge in [0.2, 0.25) is 0 Å². The van der Waals surface area contributed by atoms with Gasteiger partial charge in [-0.1, -0.05) is 28.1 Å². The fraction of sp³-hybridized carbons (Fsp3) is 0.440. The molecule has 0 bridgehead atoms. The van der Waals surface area contributed by atoms with E-state index in [1.807, 2.05) is 31.5 Å². The Morgan fingerprint density at radius 2 is 1.84 bits per heavy atom. The summed E-state index contributed by atoms with van der Waals surface area (Å²) >= 11 is 3.58. The zero-order valence-corrected chi connectivity index (χ0v) is 20.4. The molecule has 1 aliphatic heterocycles. The summed E-state index contributed by atoms with van der Waals surface area (Å²) in [4.78, 5) is 14.3. The average molecular weight is 502 g/mol. The number of fused-ring (bicyclic) bond motifs is 1. The van der Waals surface area contributed by atoms with Crippen LogP contribution in [0.4, 0.5) is 4.39 Å². The molecule has 0 spiro atoms. The van der Waals surface area contributed by atoms with Crippen molar-refractivity contribution in [2.24, 2.45) is 0 Å². The van der Waals surface area contributed by atoms with Crippen molar-refractivity contribution in [1.82, 2.24) is 14.7 Å². The number of benzene rings is 2. The summed E-state index contributed by atoms with van der Waals surface area (Å²) in [7, 11) is 0. The van der Waals surface area contributed by atoms with Gasteiger partial charge in [0.15, 0.2) is 0 Å². The van der Waals surface area contributed by atoms with Crippen molar-refractivity contribution in [3.8, 4) is 0 Å². The molecule has 5 nitrogen and oxygen atoms in total. The summed E-state index contributed by atoms with van der Waals surface area (Å²) in [6.45, 7) is 8.27. The Bertz CT molecular complexity index is 1100. The molecule has 1 aromatic heterocycles. The molecule has 2 aromatic carbocycles. The molecule has 1 saturated heterocycles. The highest BCUT2D eigenvalue weighted by atomic mass is 79.9. The van der Waals surface area contributed by atoms with E-state index in [2.05, 4.69) is 33.0 Å². The Kier molecular flexibility index (Phi) is 6.67. The molecular formula is C25H29BrFN3O2. The number of carbonyl (C=O) groups is 1. The van der Waals surface area contributed by atoms with Crippen molar-refractivity contribution in [2.45, 2.75) is 51.7 Å². The van der Waals surface area contributed by atoms with Crippen LogP contribution in [0.5, 0.6) is 0 Å². The van der Waals surface area contributed by atoms with Crippen molar-refractivity contribution in [3.63, 3.8) is 0 Å². The minimum atomic E-state index is -0.458. The van der Waals surface area contributed by atoms with Crippen LogP contribution in [0.1, 0.15) is 50.8 Å². The van der Waals surface area contributed by atoms with Crippen molar-refractivity contribution >= 4 is 32.8 Å². The Balaban J connectivity index is 1.50. The monoisotopic (exact) mass is 501 g/mol. The molecule has 2 heterocycles. The van der Waals surface area contributed by atoms with Gasteiger partial charge in [-0.2, -0.15) is 5.10 Å². The number of aromatic nitrogens is 2. The van der Waals surface area contributed by atoms with Crippen molar-refractivity contribution in [1.29, 1.82) is 0 Å². The first kappa shape index (κ1) is 22.9. The summed E-state index contributed by atoms with van der Waals surface area (Å²) in [6, 6.07) is 12.8. The summed E-state index contributed by atoms with van der Waals surface area (Å²) in [6.07, 6.45) is 1.89. The number of ether oxygens (including phenoxy) is 1. The second kappa shape index (κ2) is 9.32. The van der Waals surface area contributed by atoms with Crippen LogP contribution in [-0.2, 0) is 16.1 Å². The van der Waals surface area contributed by atoms with E-state index in [1.54, 1.807) is 12.1 Å². The maximum atomic E-state index is 13.3. The lowest BCUT2D eigenvalue weighted by molar-refractivity contribution is -0.156. The molecule has 1 aliphatic rings. The summed E-state index contributed by atoms with van der Waals surface area (Å²) in [5, 5.41) is 6.15. The van der Waals surface area contributed by atoms with Gasteiger partial charge in [-0.05, 0) is 82.6 Å². The quantitative estimate of drug-likeness (QED) is 0.432. The third kappa shape index (κ3) is 5.56. The standard InChI is InChI=1S/C25H29BrFN3O2/c1-25(2,3)32-23(31)16-29-12-10-18(11-13-29)24-21-9-6-19(26)14-22(21)30(28-24)15-17-4-7-20(27)8-5-17/h4-9,14,18H,10-13,15-16H2,1-3H3. The highest BCUT2D eigenvalue weighted by molar-refractivity contribution is 9.10. The summed E-state index contributed by atoms with van der Waals surface area (Å²) in [5.74, 6) is -0.0708. The van der Waals surface area contributed by atoms with Crippen LogP contribution in [-0.4, -0.2) is 45.9 Å². The first-order valence-corrected chi connectivity index (χ1v) is 11.8. The number of rotatable bonds is 5. The van der Waals surface area contributed by atoms with E-state index < -0.39 is 5.60 Å². The van der Waals surface area contributed by atoms with Gasteiger partial charge in [0.1, 0.15) is 11.4 Å². The highest BCUT2D eigenvalue weighted by Crippen LogP contribution is 2.34. The van der Waals surface area contributed by atoms with E-state index >= 15 is 0 Å². The van der Waals surface area contributed by atoms with Crippen LogP contribution in [0, 0.1) is 5.82 Å². The number of halogens is 2. The van der Waals surface area contributed by atoms with Crippen LogP contribution < -0.4 is 0 Å². The van der Waals surface area contributed by atoms with Gasteiger partial charge >= 0.3 is 5.97 Å². The predicted octanol–water partition coefficient (Wildman–Crippen LogP) is 5.51. The van der Waals surface area contributed by atoms with E-state index in [0.717, 1.165) is 52.6 Å². The van der Waals surface area contributed by atoms with Crippen LogP contribution in [0.25, 0.3) is 10.9 Å². The fourth-order valence-electron chi connectivity index (χ4n) is 4.28. The molecule has 170 valence electrons. The minimum Gasteiger partial charge on any atom is -0.459 e. The second-order valence-electron chi connectivity index (χ2n) is 9.47. The molecule has 0 N–H and O–H groups in total. The van der Waals surface area contributed by atoms with Crippen LogP contribution in [0.15, 0.2) is 46.9 Å². The number of hydrogen-bond donors (Lipinski definition) is 0. The summed E-state index contributed by atoms with van der Waals surface area (Å²) < 4.78 is 21.8. The molecule has 0 radical (unpaired) electrons. The molecule has 7 heteroatoms. The largest absolute Gasteiger partial charge is 0.459 e. The molecule has 0 amide bonds. The first-order valence-electron chi connectivity index (χ1n) is 11.0. The maximum absolute atomic E-state index is 13.3. The van der Waals surface area contributed by atoms with Gasteiger partial charge in [-0.25, -0.2) is 4.39 Å². The van der Waals surface area contributed by atoms with Gasteiger partial charge in [-0.15, -0.1) is 0 Å². The first-order chi connectivity index (χ1) is 15.2. The van der Waals surface area contributed by atoms with E-state index in [0.29, 0.717) is 19.0 Å². The van der Waals surface area contributed by atoms with Crippen LogP contribution >= 0.6 is 15.9 Å². The van der Waals surface area contributed by atoms with Gasteiger partial charge < -0.3 is 4.74 Å². The van der Waals surface area contributed by atoms with Crippen molar-refractivity contribution in [2.75, 3.05) is 19.6 Å². The SMILES string of the molecule is CC(C)(C)OC(=O)CN1CCC(c2nn(Cc3ccc(F)cc3)c3cc(Br)ccc23)CC1. The normalized spacial score (nSPS) is 15.9. The number of nitrogens with zero attached hydrogens (tertiary/aromatic N) is 3. The Morgan fingerprint density at radius 3 is 2.50 bits per heavy atom. The van der Waals surface area contributed by atoms with E-state index in [4.69, 9.17) is 9.84 Å². The van der Waals surface area contributed by atoms with E-state index in [9.17, 15) is 9.18 Å². The van der Waals surface area contributed by atoms with Crippen LogP contribution in [0.2, 0.25) is 0 Å². The Hall–Kier alpha value is -2.25. The zero-order valence-electron chi connectivity index (χ0n) is 18.8. The molecule has 4 rings (SSSR count). The van der Waals surface area contributed by atoms with Crippen molar-refractivity contribution < 1.29 is 13.9 Å². The molecule has 0 saturated carbocycles. The molecule has 0 unspecified atom stereocenters. The number of esters is 1. The van der Waals surface area contributed by atoms with Gasteiger partial charge in [0.05, 0.1) is 24.3 Å². The number of likely N-dealkylation sites (tertiary alicyclic amines) is 1. The Labute approximate surface area is 196 Å². The lowest BCUT2D eigenvalue weighted by Gasteiger charge is -2.31. The van der Waals surface area contributed by atoms with Crippen LogP contribution in [0.3, 0.4) is 0 Å². The molecule has 1 fully saturated rings. The molecular weight excluding hydrogens is 473 g/mol. The van der Waals surface area contributed by atoms with E-state index in [1.165, 1.54) is 12.1 Å². The summed E-state index contributed by atoms with van der Waals surface area (Å²) in [5.41, 5.74) is 2.72. The zero-order chi connectivity index (χ0) is 22.9. The number of piperidine rings is 1. The Morgan fingerprint density at radius 1 is 1.16 bits per heavy atom. The smallest absolute Gasteiger partial charge is 0.320 e. The number of hydrogen-bond acceptors (Lipinski definition) is 4. The third-order valence-corrected chi connectivity index (χ3v) is 6.23. The number of carbonyl (C=O) groups excluding carboxylic acids is 1. The molecule has 0 aliphatic carbocycles. The lowest BCUT2D eigenvalue weighted by Crippen LogP contribution is -2.39. The third-order valence-electron chi connectivity index (χ3n) is 5.73. The molecule has 3 aromatic rings. The van der Waals surface area contributed by atoms with E-state index in [-0.39, 0.29) is 11.8 Å². The maximum Gasteiger partial charge on any atom is 0.320 e. The fourth-order valence-corrected chi connectivity index (χ4v) is 4.63. The molecule has 0 atom stereocenters. The van der Waals surface area contributed by atoms with Gasteiger partial charge in [0, 0.05) is 15.8 Å². The topological polar surface area (TPSA) is 47.4 Å². The highest BCUT2D eigenvalue weighted by Gasteiger charge is 2.27. The average Bonchev–Trinajstić information content (AvgIpc) is 3.06. The minimum absolute atomic E-state index is 0.171. The van der Waals surface area contributed by atoms with Gasteiger partial charge in [-0.3, -0.25) is 14.4 Å². The second-order valence-corrected chi connectivity index (χ2v) is 10.4. The molecule has 32 heavy (non-hydrogen) atoms. The predicted molar refractivity (Wildman–Crippen MR) is 127 cm³/mol. The van der Waals surface area contributed by atoms with Gasteiger partial charge in [0.25, 0.3) is 0 Å². The van der Waals surface area contributed by atoms with Crippen molar-refractivity contribution in [3.05, 3.63) is 64.0 Å². The lowest BCUT2D eigenvalue weighted by atomic mass is 9.91.